The van der Waals surface area contributed by atoms with Crippen molar-refractivity contribution in [1.29, 1.82) is 0 Å². The number of para-hydroxylation sites is 1. The van der Waals surface area contributed by atoms with Crippen LogP contribution in [-0.4, -0.2) is 5.91 Å². The van der Waals surface area contributed by atoms with Gasteiger partial charge in [0.15, 0.2) is 0 Å². The molecule has 0 spiro atoms. The summed E-state index contributed by atoms with van der Waals surface area (Å²) in [5.74, 6) is -0.0913. The second-order valence-electron chi connectivity index (χ2n) is 6.39. The van der Waals surface area contributed by atoms with E-state index < -0.39 is 0 Å². The van der Waals surface area contributed by atoms with Crippen LogP contribution in [0.2, 0.25) is 0 Å². The minimum Gasteiger partial charge on any atom is -0.381 e. The number of amides is 1. The van der Waals surface area contributed by atoms with Gasteiger partial charge in [-0.05, 0) is 60.4 Å². The predicted molar refractivity (Wildman–Crippen MR) is 109 cm³/mol. The molecule has 3 nitrogen and oxygen atoms in total. The fourth-order valence-electron chi connectivity index (χ4n) is 2.95. The quantitative estimate of drug-likeness (QED) is 0.627. The SMILES string of the molecule is CCc1ccccc1NCc1cccc(C(=O)Nc2cccc(C)c2)c1. The second kappa shape index (κ2) is 8.34. The summed E-state index contributed by atoms with van der Waals surface area (Å²) in [6.45, 7) is 4.84. The normalized spacial score (nSPS) is 10.4. The fourth-order valence-corrected chi connectivity index (χ4v) is 2.95. The zero-order valence-electron chi connectivity index (χ0n) is 15.3. The van der Waals surface area contributed by atoms with Crippen LogP contribution in [0.4, 0.5) is 11.4 Å². The summed E-state index contributed by atoms with van der Waals surface area (Å²) in [6, 6.07) is 23.9. The van der Waals surface area contributed by atoms with Gasteiger partial charge >= 0.3 is 0 Å². The lowest BCUT2D eigenvalue weighted by atomic mass is 10.1. The average molecular weight is 344 g/mol. The molecule has 3 aromatic carbocycles. The first-order chi connectivity index (χ1) is 12.7. The number of benzene rings is 3. The third-order valence-corrected chi connectivity index (χ3v) is 4.35. The molecule has 0 saturated heterocycles. The van der Waals surface area contributed by atoms with Crippen LogP contribution in [0.1, 0.15) is 34.0 Å². The summed E-state index contributed by atoms with van der Waals surface area (Å²) in [4.78, 5) is 12.5. The Balaban J connectivity index is 1.68. The Bertz CT molecular complexity index is 902. The van der Waals surface area contributed by atoms with E-state index in [4.69, 9.17) is 0 Å². The van der Waals surface area contributed by atoms with Crippen LogP contribution in [0.25, 0.3) is 0 Å². The van der Waals surface area contributed by atoms with E-state index in [9.17, 15) is 4.79 Å². The lowest BCUT2D eigenvalue weighted by molar-refractivity contribution is 0.102. The van der Waals surface area contributed by atoms with Gasteiger partial charge in [0.25, 0.3) is 5.91 Å². The van der Waals surface area contributed by atoms with E-state index in [-0.39, 0.29) is 5.91 Å². The molecular weight excluding hydrogens is 320 g/mol. The van der Waals surface area contributed by atoms with Gasteiger partial charge < -0.3 is 10.6 Å². The Morgan fingerprint density at radius 3 is 2.54 bits per heavy atom. The molecule has 0 atom stereocenters. The van der Waals surface area contributed by atoms with E-state index in [0.717, 1.165) is 28.9 Å². The first kappa shape index (κ1) is 17.7. The van der Waals surface area contributed by atoms with Gasteiger partial charge in [-0.15, -0.1) is 0 Å². The number of hydrogen-bond donors (Lipinski definition) is 2. The molecular formula is C23H24N2O. The largest absolute Gasteiger partial charge is 0.381 e. The average Bonchev–Trinajstić information content (AvgIpc) is 2.67. The highest BCUT2D eigenvalue weighted by molar-refractivity contribution is 6.04. The summed E-state index contributed by atoms with van der Waals surface area (Å²) in [6.07, 6.45) is 0.988. The molecule has 1 amide bonds. The van der Waals surface area contributed by atoms with Gasteiger partial charge in [-0.3, -0.25) is 4.79 Å². The maximum Gasteiger partial charge on any atom is 0.255 e. The molecule has 0 fully saturated rings. The molecule has 0 bridgehead atoms. The van der Waals surface area contributed by atoms with Crippen LogP contribution < -0.4 is 10.6 Å². The molecule has 0 heterocycles. The maximum atomic E-state index is 12.5. The number of carbonyl (C=O) groups excluding carboxylic acids is 1. The molecule has 0 aliphatic carbocycles. The number of aryl methyl sites for hydroxylation is 2. The number of hydrogen-bond acceptors (Lipinski definition) is 2. The van der Waals surface area contributed by atoms with Crippen LogP contribution in [0.3, 0.4) is 0 Å². The first-order valence-corrected chi connectivity index (χ1v) is 8.94. The van der Waals surface area contributed by atoms with Crippen molar-refractivity contribution >= 4 is 17.3 Å². The van der Waals surface area contributed by atoms with Crippen LogP contribution in [-0.2, 0) is 13.0 Å². The van der Waals surface area contributed by atoms with Gasteiger partial charge in [-0.1, -0.05) is 49.4 Å². The van der Waals surface area contributed by atoms with E-state index in [1.54, 1.807) is 0 Å². The number of carbonyl (C=O) groups is 1. The molecule has 26 heavy (non-hydrogen) atoms. The molecule has 3 heteroatoms. The fraction of sp³-hybridized carbons (Fsp3) is 0.174. The van der Waals surface area contributed by atoms with Crippen molar-refractivity contribution in [3.8, 4) is 0 Å². The van der Waals surface area contributed by atoms with Crippen molar-refractivity contribution in [2.45, 2.75) is 26.8 Å². The van der Waals surface area contributed by atoms with Crippen molar-refractivity contribution in [3.63, 3.8) is 0 Å². The Labute approximate surface area is 155 Å². The standard InChI is InChI=1S/C23H24N2O/c1-3-19-10-4-5-13-22(19)24-16-18-9-7-11-20(15-18)23(26)25-21-12-6-8-17(2)14-21/h4-15,24H,3,16H2,1-2H3,(H,25,26). The minimum absolute atomic E-state index is 0.0913. The highest BCUT2D eigenvalue weighted by Crippen LogP contribution is 2.17. The van der Waals surface area contributed by atoms with Crippen molar-refractivity contribution in [3.05, 3.63) is 95.1 Å². The topological polar surface area (TPSA) is 41.1 Å². The Morgan fingerprint density at radius 2 is 1.73 bits per heavy atom. The zero-order chi connectivity index (χ0) is 18.4. The zero-order valence-corrected chi connectivity index (χ0v) is 15.3. The lowest BCUT2D eigenvalue weighted by Crippen LogP contribution is -2.12. The Hall–Kier alpha value is -3.07. The minimum atomic E-state index is -0.0913. The van der Waals surface area contributed by atoms with E-state index in [1.165, 1.54) is 5.56 Å². The third-order valence-electron chi connectivity index (χ3n) is 4.35. The van der Waals surface area contributed by atoms with Crippen LogP contribution in [0, 0.1) is 6.92 Å². The van der Waals surface area contributed by atoms with E-state index in [0.29, 0.717) is 12.1 Å². The molecule has 3 aromatic rings. The van der Waals surface area contributed by atoms with Crippen molar-refractivity contribution < 1.29 is 4.79 Å². The molecule has 0 saturated carbocycles. The predicted octanol–water partition coefficient (Wildman–Crippen LogP) is 5.42. The molecule has 0 aromatic heterocycles. The molecule has 0 unspecified atom stereocenters. The molecule has 3 rings (SSSR count). The lowest BCUT2D eigenvalue weighted by Gasteiger charge is -2.12. The van der Waals surface area contributed by atoms with Crippen LogP contribution in [0.15, 0.2) is 72.8 Å². The van der Waals surface area contributed by atoms with Crippen molar-refractivity contribution in [1.82, 2.24) is 0 Å². The molecule has 0 radical (unpaired) electrons. The van der Waals surface area contributed by atoms with E-state index in [2.05, 4.69) is 35.8 Å². The number of nitrogens with one attached hydrogen (secondary N) is 2. The Morgan fingerprint density at radius 1 is 0.923 bits per heavy atom. The monoisotopic (exact) mass is 344 g/mol. The summed E-state index contributed by atoms with van der Waals surface area (Å²) in [5.41, 5.74) is 6.11. The van der Waals surface area contributed by atoms with Gasteiger partial charge in [0.2, 0.25) is 0 Å². The van der Waals surface area contributed by atoms with E-state index >= 15 is 0 Å². The summed E-state index contributed by atoms with van der Waals surface area (Å²) in [7, 11) is 0. The third kappa shape index (κ3) is 4.51. The molecule has 132 valence electrons. The highest BCUT2D eigenvalue weighted by atomic mass is 16.1. The smallest absolute Gasteiger partial charge is 0.255 e. The second-order valence-corrected chi connectivity index (χ2v) is 6.39. The summed E-state index contributed by atoms with van der Waals surface area (Å²) < 4.78 is 0. The summed E-state index contributed by atoms with van der Waals surface area (Å²) >= 11 is 0. The first-order valence-electron chi connectivity index (χ1n) is 8.94. The van der Waals surface area contributed by atoms with Gasteiger partial charge in [0, 0.05) is 23.5 Å². The summed E-state index contributed by atoms with van der Waals surface area (Å²) in [5, 5.41) is 6.43. The molecule has 0 aliphatic rings. The van der Waals surface area contributed by atoms with Crippen LogP contribution in [0.5, 0.6) is 0 Å². The van der Waals surface area contributed by atoms with Gasteiger partial charge in [0.1, 0.15) is 0 Å². The highest BCUT2D eigenvalue weighted by Gasteiger charge is 2.07. The van der Waals surface area contributed by atoms with Crippen LogP contribution >= 0.6 is 0 Å². The van der Waals surface area contributed by atoms with Gasteiger partial charge in [-0.2, -0.15) is 0 Å². The maximum absolute atomic E-state index is 12.5. The van der Waals surface area contributed by atoms with Crippen molar-refractivity contribution in [2.75, 3.05) is 10.6 Å². The number of rotatable bonds is 6. The number of anilines is 2. The van der Waals surface area contributed by atoms with Gasteiger partial charge in [-0.25, -0.2) is 0 Å². The Kier molecular flexibility index (Phi) is 5.69. The van der Waals surface area contributed by atoms with E-state index in [1.807, 2.05) is 61.5 Å². The molecule has 2 N–H and O–H groups in total. The molecule has 0 aliphatic heterocycles. The van der Waals surface area contributed by atoms with Gasteiger partial charge in [0.05, 0.1) is 0 Å². The van der Waals surface area contributed by atoms with Crippen molar-refractivity contribution in [2.24, 2.45) is 0 Å².